The van der Waals surface area contributed by atoms with Crippen molar-refractivity contribution in [2.24, 2.45) is 23.7 Å². The number of hydrogen-bond donors (Lipinski definition) is 0. The normalized spacial score (nSPS) is 19.2. The molecule has 5 heteroatoms. The third kappa shape index (κ3) is 7.25. The topological polar surface area (TPSA) is 69.7 Å². The van der Waals surface area contributed by atoms with Crippen molar-refractivity contribution in [3.63, 3.8) is 0 Å². The van der Waals surface area contributed by atoms with Crippen LogP contribution in [0.15, 0.2) is 72.8 Å². The molecule has 0 radical (unpaired) electrons. The lowest BCUT2D eigenvalue weighted by molar-refractivity contribution is -0.135. The van der Waals surface area contributed by atoms with Crippen LogP contribution in [0.1, 0.15) is 66.2 Å². The van der Waals surface area contributed by atoms with E-state index in [-0.39, 0.29) is 36.3 Å². The van der Waals surface area contributed by atoms with Crippen LogP contribution in [0.25, 0.3) is 0 Å². The van der Waals surface area contributed by atoms with Gasteiger partial charge in [0.2, 0.25) is 0 Å². The van der Waals surface area contributed by atoms with Crippen LogP contribution in [0.5, 0.6) is 5.75 Å². The number of carbonyl (C=O) groups excluding carboxylic acids is 3. The molecule has 4 rings (SSSR count). The van der Waals surface area contributed by atoms with E-state index >= 15 is 0 Å². The van der Waals surface area contributed by atoms with E-state index < -0.39 is 23.4 Å². The van der Waals surface area contributed by atoms with Crippen LogP contribution in [0, 0.1) is 37.5 Å². The van der Waals surface area contributed by atoms with Crippen LogP contribution in [0.2, 0.25) is 0 Å². The lowest BCUT2D eigenvalue weighted by Crippen LogP contribution is -2.41. The van der Waals surface area contributed by atoms with Gasteiger partial charge in [0.05, 0.1) is 31.2 Å². The van der Waals surface area contributed by atoms with E-state index in [0.717, 1.165) is 28.0 Å². The zero-order valence-corrected chi connectivity index (χ0v) is 25.8. The molecule has 3 aromatic rings. The summed E-state index contributed by atoms with van der Waals surface area (Å²) < 4.78 is 11.4. The number of carbonyl (C=O) groups is 3. The molecule has 1 aliphatic rings. The first-order chi connectivity index (χ1) is 20.0. The summed E-state index contributed by atoms with van der Waals surface area (Å²) in [5.74, 6) is -0.852. The first-order valence-electron chi connectivity index (χ1n) is 15.0. The third-order valence-corrected chi connectivity index (χ3v) is 9.14. The summed E-state index contributed by atoms with van der Waals surface area (Å²) in [6, 6.07) is 23.5. The van der Waals surface area contributed by atoms with Gasteiger partial charge in [0.25, 0.3) is 0 Å². The Balaban J connectivity index is 1.55. The van der Waals surface area contributed by atoms with E-state index in [1.54, 1.807) is 7.11 Å². The molecule has 3 aromatic carbocycles. The number of methoxy groups -OCH3 is 1. The van der Waals surface area contributed by atoms with Crippen LogP contribution in [-0.2, 0) is 27.2 Å². The molecule has 1 fully saturated rings. The van der Waals surface area contributed by atoms with E-state index in [9.17, 15) is 14.4 Å². The van der Waals surface area contributed by atoms with Gasteiger partial charge in [0, 0.05) is 24.3 Å². The fourth-order valence-electron chi connectivity index (χ4n) is 6.40. The first kappa shape index (κ1) is 31.4. The van der Waals surface area contributed by atoms with Crippen LogP contribution < -0.4 is 4.74 Å². The van der Waals surface area contributed by atoms with Crippen LogP contribution >= 0.6 is 0 Å². The molecule has 0 saturated carbocycles. The van der Waals surface area contributed by atoms with Crippen molar-refractivity contribution in [3.8, 4) is 5.75 Å². The van der Waals surface area contributed by atoms with Crippen molar-refractivity contribution in [3.05, 3.63) is 101 Å². The maximum absolute atomic E-state index is 14.2. The summed E-state index contributed by atoms with van der Waals surface area (Å²) in [5.41, 5.74) is 4.13. The summed E-state index contributed by atoms with van der Waals surface area (Å²) >= 11 is 0. The van der Waals surface area contributed by atoms with Gasteiger partial charge < -0.3 is 9.47 Å². The van der Waals surface area contributed by atoms with Crippen molar-refractivity contribution in [1.82, 2.24) is 0 Å². The average Bonchev–Trinajstić information content (AvgIpc) is 3.31. The third-order valence-electron chi connectivity index (χ3n) is 9.14. The number of benzene rings is 3. The van der Waals surface area contributed by atoms with E-state index in [4.69, 9.17) is 9.47 Å². The Bertz CT molecular complexity index is 1410. The zero-order chi connectivity index (χ0) is 30.4. The fourth-order valence-corrected chi connectivity index (χ4v) is 6.40. The second kappa shape index (κ2) is 13.6. The van der Waals surface area contributed by atoms with Gasteiger partial charge in [-0.05, 0) is 80.8 Å². The number of ketones is 3. The largest absolute Gasteiger partial charge is 0.497 e. The number of hydrogen-bond acceptors (Lipinski definition) is 5. The number of ether oxygens (including phenoxy) is 2. The maximum Gasteiger partial charge on any atom is 0.163 e. The quantitative estimate of drug-likeness (QED) is 0.204. The molecular formula is C37H44O5. The lowest BCUT2D eigenvalue weighted by Gasteiger charge is -2.30. The van der Waals surface area contributed by atoms with Crippen LogP contribution in [0.3, 0.4) is 0 Å². The summed E-state index contributed by atoms with van der Waals surface area (Å²) in [4.78, 5) is 41.5. The van der Waals surface area contributed by atoms with Crippen molar-refractivity contribution >= 4 is 17.3 Å². The van der Waals surface area contributed by atoms with E-state index in [1.165, 1.54) is 0 Å². The van der Waals surface area contributed by atoms with Gasteiger partial charge in [-0.1, -0.05) is 67.6 Å². The minimum atomic E-state index is -0.741. The monoisotopic (exact) mass is 568 g/mol. The van der Waals surface area contributed by atoms with Gasteiger partial charge in [-0.15, -0.1) is 0 Å². The highest BCUT2D eigenvalue weighted by molar-refractivity contribution is 5.98. The first-order valence-corrected chi connectivity index (χ1v) is 15.0. The summed E-state index contributed by atoms with van der Waals surface area (Å²) in [7, 11) is 1.63. The van der Waals surface area contributed by atoms with Gasteiger partial charge >= 0.3 is 0 Å². The highest BCUT2D eigenvalue weighted by atomic mass is 16.5. The van der Waals surface area contributed by atoms with Gasteiger partial charge in [0.15, 0.2) is 5.78 Å². The van der Waals surface area contributed by atoms with Crippen molar-refractivity contribution in [2.75, 3.05) is 13.7 Å². The fraction of sp³-hybridized carbons (Fsp3) is 0.432. The summed E-state index contributed by atoms with van der Waals surface area (Å²) in [6.45, 7) is 9.94. The second-order valence-electron chi connectivity index (χ2n) is 12.3. The molecule has 0 amide bonds. The molecule has 222 valence electrons. The number of aryl methyl sites for hydroxylation is 2. The van der Waals surface area contributed by atoms with Crippen molar-refractivity contribution < 1.29 is 23.9 Å². The number of Topliss-reactive ketones (excluding diaryl/α,β-unsaturated/α-hetero) is 3. The van der Waals surface area contributed by atoms with Crippen molar-refractivity contribution in [1.29, 1.82) is 0 Å². The highest BCUT2D eigenvalue weighted by Gasteiger charge is 2.51. The lowest BCUT2D eigenvalue weighted by atomic mass is 9.71. The molecule has 0 spiro atoms. The molecule has 0 aromatic heterocycles. The Morgan fingerprint density at radius 3 is 2.36 bits per heavy atom. The van der Waals surface area contributed by atoms with E-state index in [0.29, 0.717) is 24.8 Å². The minimum Gasteiger partial charge on any atom is -0.497 e. The molecule has 1 saturated heterocycles. The van der Waals surface area contributed by atoms with Gasteiger partial charge in [-0.25, -0.2) is 0 Å². The molecular weight excluding hydrogens is 524 g/mol. The molecule has 0 bridgehead atoms. The minimum absolute atomic E-state index is 0.00926. The molecule has 1 aliphatic heterocycles. The Morgan fingerprint density at radius 2 is 1.64 bits per heavy atom. The molecule has 4 unspecified atom stereocenters. The standard InChI is InChI=1S/C37H44O5/c1-24-12-10-17-31(25(24)2)34(39)22-29(20-27-13-8-7-9-14-27)26(3)36(40)32-23-42-37(4,5)35(32)33(38)19-18-28-15-11-16-30(21-28)41-6/h7-17,21,26,29,32,35H,18-20,22-23H2,1-6H3. The van der Waals surface area contributed by atoms with Crippen molar-refractivity contribution in [2.45, 2.75) is 65.9 Å². The maximum atomic E-state index is 14.2. The molecule has 4 atom stereocenters. The zero-order valence-electron chi connectivity index (χ0n) is 25.8. The summed E-state index contributed by atoms with van der Waals surface area (Å²) in [5, 5.41) is 0. The van der Waals surface area contributed by atoms with Gasteiger partial charge in [0.1, 0.15) is 17.3 Å². The van der Waals surface area contributed by atoms with Gasteiger partial charge in [-0.2, -0.15) is 0 Å². The smallest absolute Gasteiger partial charge is 0.163 e. The van der Waals surface area contributed by atoms with Gasteiger partial charge in [-0.3, -0.25) is 14.4 Å². The average molecular weight is 569 g/mol. The molecule has 5 nitrogen and oxygen atoms in total. The Labute approximate surface area is 250 Å². The molecule has 0 aliphatic carbocycles. The van der Waals surface area contributed by atoms with E-state index in [1.807, 2.05) is 107 Å². The number of rotatable bonds is 13. The predicted octanol–water partition coefficient (Wildman–Crippen LogP) is 7.19. The predicted molar refractivity (Wildman–Crippen MR) is 166 cm³/mol. The Hall–Kier alpha value is -3.57. The highest BCUT2D eigenvalue weighted by Crippen LogP contribution is 2.41. The molecule has 1 heterocycles. The SMILES string of the molecule is COc1cccc(CCC(=O)C2C(C(=O)C(C)C(CC(=O)c3cccc(C)c3C)Cc3ccccc3)COC2(C)C)c1. The van der Waals surface area contributed by atoms with Crippen LogP contribution in [0.4, 0.5) is 0 Å². The molecule has 0 N–H and O–H groups in total. The van der Waals surface area contributed by atoms with Crippen LogP contribution in [-0.4, -0.2) is 36.7 Å². The summed E-state index contributed by atoms with van der Waals surface area (Å²) in [6.07, 6.45) is 1.76. The second-order valence-corrected chi connectivity index (χ2v) is 12.3. The molecule has 42 heavy (non-hydrogen) atoms. The Kier molecular flexibility index (Phi) is 10.2. The van der Waals surface area contributed by atoms with E-state index in [2.05, 4.69) is 0 Å². The Morgan fingerprint density at radius 1 is 0.952 bits per heavy atom.